The summed E-state index contributed by atoms with van der Waals surface area (Å²) in [5, 5.41) is 0. The quantitative estimate of drug-likeness (QED) is 0.588. The molecule has 0 aliphatic heterocycles. The number of nitrogens with zero attached hydrogens (tertiary/aromatic N) is 1. The Labute approximate surface area is 151 Å². The molecule has 0 aliphatic rings. The standard InChI is InChI=1S/C20H13F4NO2/c1-2-13-11-19(26)25(12-18(13)14-3-5-15(21)6-4-14)16-7-9-17(10-8-16)27-20(22,23)24/h2-12H,1H2. The summed E-state index contributed by atoms with van der Waals surface area (Å²) in [6.07, 6.45) is -1.75. The van der Waals surface area contributed by atoms with Crippen LogP contribution in [-0.4, -0.2) is 10.9 Å². The van der Waals surface area contributed by atoms with Crippen LogP contribution in [-0.2, 0) is 0 Å². The third-order valence-corrected chi connectivity index (χ3v) is 3.81. The Hall–Kier alpha value is -3.35. The van der Waals surface area contributed by atoms with Crippen LogP contribution in [0.3, 0.4) is 0 Å². The van der Waals surface area contributed by atoms with E-state index in [4.69, 9.17) is 0 Å². The summed E-state index contributed by atoms with van der Waals surface area (Å²) >= 11 is 0. The molecular formula is C20H13F4NO2. The van der Waals surface area contributed by atoms with E-state index in [0.717, 1.165) is 12.1 Å². The number of ether oxygens (including phenoxy) is 1. The molecule has 3 rings (SSSR count). The number of hydrogen-bond donors (Lipinski definition) is 0. The van der Waals surface area contributed by atoms with Crippen LogP contribution < -0.4 is 10.3 Å². The number of rotatable bonds is 4. The van der Waals surface area contributed by atoms with E-state index in [0.29, 0.717) is 22.4 Å². The van der Waals surface area contributed by atoms with Gasteiger partial charge in [-0.25, -0.2) is 4.39 Å². The summed E-state index contributed by atoms with van der Waals surface area (Å²) in [6, 6.07) is 12.0. The predicted octanol–water partition coefficient (Wildman–Crippen LogP) is 5.19. The first kappa shape index (κ1) is 18.4. The van der Waals surface area contributed by atoms with Crippen molar-refractivity contribution in [3.8, 4) is 22.6 Å². The zero-order valence-electron chi connectivity index (χ0n) is 13.8. The Balaban J connectivity index is 2.06. The van der Waals surface area contributed by atoms with Crippen molar-refractivity contribution in [2.24, 2.45) is 0 Å². The molecule has 1 heterocycles. The molecule has 0 radical (unpaired) electrons. The second kappa shape index (κ2) is 7.11. The molecule has 0 saturated heterocycles. The molecule has 0 aliphatic carbocycles. The lowest BCUT2D eigenvalue weighted by molar-refractivity contribution is -0.274. The van der Waals surface area contributed by atoms with Gasteiger partial charge in [0, 0.05) is 23.5 Å². The average Bonchev–Trinajstić information content (AvgIpc) is 2.62. The van der Waals surface area contributed by atoms with Crippen LogP contribution in [0, 0.1) is 5.82 Å². The maximum absolute atomic E-state index is 13.2. The van der Waals surface area contributed by atoms with E-state index in [1.54, 1.807) is 12.1 Å². The zero-order chi connectivity index (χ0) is 19.6. The lowest BCUT2D eigenvalue weighted by Crippen LogP contribution is -2.19. The Bertz CT molecular complexity index is 1020. The lowest BCUT2D eigenvalue weighted by Gasteiger charge is -2.13. The van der Waals surface area contributed by atoms with Gasteiger partial charge in [0.1, 0.15) is 11.6 Å². The smallest absolute Gasteiger partial charge is 0.406 e. The maximum atomic E-state index is 13.2. The molecular weight excluding hydrogens is 362 g/mol. The molecule has 0 atom stereocenters. The van der Waals surface area contributed by atoms with Gasteiger partial charge in [-0.1, -0.05) is 24.8 Å². The van der Waals surface area contributed by atoms with Crippen LogP contribution in [0.1, 0.15) is 5.56 Å². The number of pyridine rings is 1. The Kier molecular flexibility index (Phi) is 4.85. The zero-order valence-corrected chi connectivity index (χ0v) is 13.8. The van der Waals surface area contributed by atoms with Crippen LogP contribution in [0.4, 0.5) is 17.6 Å². The lowest BCUT2D eigenvalue weighted by atomic mass is 10.0. The molecule has 138 valence electrons. The predicted molar refractivity (Wildman–Crippen MR) is 94.2 cm³/mol. The molecule has 2 aromatic carbocycles. The molecule has 0 fully saturated rings. The van der Waals surface area contributed by atoms with Crippen LogP contribution in [0.2, 0.25) is 0 Å². The Morgan fingerprint density at radius 2 is 1.63 bits per heavy atom. The number of aromatic nitrogens is 1. The van der Waals surface area contributed by atoms with Gasteiger partial charge in [-0.15, -0.1) is 13.2 Å². The fourth-order valence-corrected chi connectivity index (χ4v) is 2.60. The second-order valence-corrected chi connectivity index (χ2v) is 5.60. The van der Waals surface area contributed by atoms with Crippen molar-refractivity contribution >= 4 is 6.08 Å². The second-order valence-electron chi connectivity index (χ2n) is 5.60. The summed E-state index contributed by atoms with van der Waals surface area (Å²) in [4.78, 5) is 12.4. The topological polar surface area (TPSA) is 31.2 Å². The van der Waals surface area contributed by atoms with Gasteiger partial charge in [0.2, 0.25) is 0 Å². The first-order valence-electron chi connectivity index (χ1n) is 7.78. The minimum absolute atomic E-state index is 0.355. The molecule has 0 spiro atoms. The van der Waals surface area contributed by atoms with Crippen LogP contribution in [0.15, 0.2) is 72.2 Å². The van der Waals surface area contributed by atoms with E-state index in [1.807, 2.05) is 0 Å². The van der Waals surface area contributed by atoms with E-state index in [9.17, 15) is 22.4 Å². The van der Waals surface area contributed by atoms with Crippen LogP contribution >= 0.6 is 0 Å². The largest absolute Gasteiger partial charge is 0.573 e. The molecule has 0 unspecified atom stereocenters. The number of alkyl halides is 3. The SMILES string of the molecule is C=Cc1cc(=O)n(-c2ccc(OC(F)(F)F)cc2)cc1-c1ccc(F)cc1. The summed E-state index contributed by atoms with van der Waals surface area (Å²) in [6.45, 7) is 3.68. The third kappa shape index (κ3) is 4.25. The highest BCUT2D eigenvalue weighted by molar-refractivity contribution is 5.74. The Morgan fingerprint density at radius 3 is 2.19 bits per heavy atom. The van der Waals surface area contributed by atoms with E-state index >= 15 is 0 Å². The fourth-order valence-electron chi connectivity index (χ4n) is 2.60. The van der Waals surface area contributed by atoms with E-state index in [1.165, 1.54) is 47.2 Å². The number of hydrogen-bond acceptors (Lipinski definition) is 2. The first-order valence-corrected chi connectivity index (χ1v) is 7.78. The highest BCUT2D eigenvalue weighted by Crippen LogP contribution is 2.26. The Morgan fingerprint density at radius 1 is 1.00 bits per heavy atom. The summed E-state index contributed by atoms with van der Waals surface area (Å²) < 4.78 is 55.1. The molecule has 0 bridgehead atoms. The molecule has 27 heavy (non-hydrogen) atoms. The minimum Gasteiger partial charge on any atom is -0.406 e. The van der Waals surface area contributed by atoms with Crippen molar-refractivity contribution in [3.05, 3.63) is 89.1 Å². The van der Waals surface area contributed by atoms with Gasteiger partial charge in [-0.05, 0) is 47.5 Å². The van der Waals surface area contributed by atoms with Gasteiger partial charge >= 0.3 is 6.36 Å². The average molecular weight is 375 g/mol. The molecule has 7 heteroatoms. The highest BCUT2D eigenvalue weighted by Gasteiger charge is 2.31. The van der Waals surface area contributed by atoms with Gasteiger partial charge < -0.3 is 4.74 Å². The van der Waals surface area contributed by atoms with Gasteiger partial charge in [-0.2, -0.15) is 0 Å². The van der Waals surface area contributed by atoms with Gasteiger partial charge in [0.25, 0.3) is 5.56 Å². The molecule has 3 nitrogen and oxygen atoms in total. The van der Waals surface area contributed by atoms with Crippen molar-refractivity contribution in [1.29, 1.82) is 0 Å². The van der Waals surface area contributed by atoms with E-state index < -0.39 is 12.2 Å². The molecule has 0 saturated carbocycles. The fraction of sp³-hybridized carbons (Fsp3) is 0.0500. The third-order valence-electron chi connectivity index (χ3n) is 3.81. The molecule has 0 amide bonds. The van der Waals surface area contributed by atoms with Crippen molar-refractivity contribution in [3.63, 3.8) is 0 Å². The summed E-state index contributed by atoms with van der Waals surface area (Å²) in [7, 11) is 0. The minimum atomic E-state index is -4.79. The van der Waals surface area contributed by atoms with Crippen LogP contribution in [0.25, 0.3) is 22.9 Å². The maximum Gasteiger partial charge on any atom is 0.573 e. The summed E-state index contributed by atoms with van der Waals surface area (Å²) in [5.41, 5.74) is 1.81. The van der Waals surface area contributed by atoms with E-state index in [-0.39, 0.29) is 11.3 Å². The van der Waals surface area contributed by atoms with Crippen molar-refractivity contribution in [1.82, 2.24) is 4.57 Å². The molecule has 1 aromatic heterocycles. The molecule has 3 aromatic rings. The van der Waals surface area contributed by atoms with Gasteiger partial charge in [-0.3, -0.25) is 9.36 Å². The summed E-state index contributed by atoms with van der Waals surface area (Å²) in [5.74, 6) is -0.784. The highest BCUT2D eigenvalue weighted by atomic mass is 19.4. The van der Waals surface area contributed by atoms with Crippen molar-refractivity contribution < 1.29 is 22.3 Å². The number of benzene rings is 2. The van der Waals surface area contributed by atoms with Crippen molar-refractivity contribution in [2.75, 3.05) is 0 Å². The monoisotopic (exact) mass is 375 g/mol. The normalized spacial score (nSPS) is 11.3. The van der Waals surface area contributed by atoms with Gasteiger partial charge in [0.05, 0.1) is 0 Å². The first-order chi connectivity index (χ1) is 12.8. The number of halogens is 4. The molecule has 0 N–H and O–H groups in total. The van der Waals surface area contributed by atoms with E-state index in [2.05, 4.69) is 11.3 Å². The van der Waals surface area contributed by atoms with Crippen molar-refractivity contribution in [2.45, 2.75) is 6.36 Å². The van der Waals surface area contributed by atoms with Crippen LogP contribution in [0.5, 0.6) is 5.75 Å². The van der Waals surface area contributed by atoms with Gasteiger partial charge in [0.15, 0.2) is 0 Å².